The predicted molar refractivity (Wildman–Crippen MR) is 97.7 cm³/mol. The van der Waals surface area contributed by atoms with E-state index in [9.17, 15) is 9.18 Å². The van der Waals surface area contributed by atoms with Gasteiger partial charge in [0.15, 0.2) is 5.16 Å². The van der Waals surface area contributed by atoms with Crippen molar-refractivity contribution in [1.82, 2.24) is 14.8 Å². The van der Waals surface area contributed by atoms with Crippen LogP contribution < -0.4 is 10.9 Å². The van der Waals surface area contributed by atoms with Gasteiger partial charge in [0, 0.05) is 18.0 Å². The van der Waals surface area contributed by atoms with Crippen molar-refractivity contribution in [3.05, 3.63) is 76.3 Å². The summed E-state index contributed by atoms with van der Waals surface area (Å²) < 4.78 is 14.5. The number of aromatic nitrogens is 3. The number of para-hydroxylation sites is 1. The molecule has 2 aromatic carbocycles. The van der Waals surface area contributed by atoms with Crippen LogP contribution in [-0.4, -0.2) is 14.8 Å². The number of thioether (sulfide) groups is 1. The van der Waals surface area contributed by atoms with E-state index >= 15 is 0 Å². The van der Waals surface area contributed by atoms with Gasteiger partial charge in [-0.2, -0.15) is 0 Å². The Morgan fingerprint density at radius 2 is 1.80 bits per heavy atom. The first-order chi connectivity index (χ1) is 12.2. The minimum atomic E-state index is -0.268. The third-order valence-electron chi connectivity index (χ3n) is 3.55. The molecule has 1 N–H and O–H groups in total. The maximum atomic E-state index is 13.0. The van der Waals surface area contributed by atoms with Crippen LogP contribution in [0.25, 0.3) is 0 Å². The summed E-state index contributed by atoms with van der Waals surface area (Å²) in [6.07, 6.45) is 0. The topological polar surface area (TPSA) is 59.8 Å². The molecule has 0 radical (unpaired) electrons. The highest BCUT2D eigenvalue weighted by Crippen LogP contribution is 2.20. The molecule has 1 heterocycles. The van der Waals surface area contributed by atoms with Gasteiger partial charge in [-0.25, -0.2) is 4.39 Å². The summed E-state index contributed by atoms with van der Waals surface area (Å²) in [4.78, 5) is 12.6. The van der Waals surface area contributed by atoms with E-state index < -0.39 is 0 Å². The van der Waals surface area contributed by atoms with Gasteiger partial charge in [-0.3, -0.25) is 9.36 Å². The maximum absolute atomic E-state index is 13.0. The first-order valence-corrected chi connectivity index (χ1v) is 8.82. The number of hydrogen-bond acceptors (Lipinski definition) is 5. The lowest BCUT2D eigenvalue weighted by atomic mass is 10.2. The summed E-state index contributed by atoms with van der Waals surface area (Å²) in [6.45, 7) is 2.38. The molecule has 25 heavy (non-hydrogen) atoms. The van der Waals surface area contributed by atoms with Crippen molar-refractivity contribution in [2.75, 3.05) is 5.32 Å². The Morgan fingerprint density at radius 1 is 1.08 bits per heavy atom. The van der Waals surface area contributed by atoms with E-state index in [0.29, 0.717) is 17.5 Å². The average molecular weight is 356 g/mol. The molecular weight excluding hydrogens is 339 g/mol. The molecule has 0 saturated carbocycles. The minimum absolute atomic E-state index is 0.194. The zero-order valence-electron chi connectivity index (χ0n) is 13.6. The largest absolute Gasteiger partial charge is 0.334 e. The third-order valence-corrected chi connectivity index (χ3v) is 4.59. The summed E-state index contributed by atoms with van der Waals surface area (Å²) in [5.41, 5.74) is 1.51. The van der Waals surface area contributed by atoms with E-state index in [1.54, 1.807) is 16.7 Å². The van der Waals surface area contributed by atoms with Crippen LogP contribution in [0.1, 0.15) is 12.5 Å². The molecule has 0 unspecified atom stereocenters. The normalized spacial score (nSPS) is 10.6. The second-order valence-electron chi connectivity index (χ2n) is 5.29. The minimum Gasteiger partial charge on any atom is -0.334 e. The van der Waals surface area contributed by atoms with Crippen molar-refractivity contribution in [1.29, 1.82) is 0 Å². The molecule has 0 saturated heterocycles. The number of rotatable bonds is 6. The monoisotopic (exact) mass is 356 g/mol. The molecule has 0 aliphatic heterocycles. The van der Waals surface area contributed by atoms with Gasteiger partial charge < -0.3 is 5.32 Å². The van der Waals surface area contributed by atoms with Gasteiger partial charge in [0.2, 0.25) is 5.82 Å². The van der Waals surface area contributed by atoms with Crippen LogP contribution in [0.4, 0.5) is 15.9 Å². The fraction of sp³-hybridized carbons (Fsp3) is 0.167. The molecule has 3 rings (SSSR count). The fourth-order valence-corrected chi connectivity index (χ4v) is 3.21. The Balaban J connectivity index is 1.79. The molecule has 0 fully saturated rings. The van der Waals surface area contributed by atoms with Crippen molar-refractivity contribution < 1.29 is 4.39 Å². The van der Waals surface area contributed by atoms with Crippen molar-refractivity contribution in [2.24, 2.45) is 0 Å². The zero-order chi connectivity index (χ0) is 17.6. The maximum Gasteiger partial charge on any atom is 0.297 e. The van der Waals surface area contributed by atoms with Crippen LogP contribution in [0.15, 0.2) is 64.5 Å². The number of halogens is 1. The second kappa shape index (κ2) is 7.94. The standard InChI is InChI=1S/C18H17FN4OS/c1-2-23-17(24)16(20-15-6-4-3-5-7-15)21-22-18(23)25-12-13-8-10-14(19)11-9-13/h3-11H,2,12H2,1H3,(H,20,21). The Hall–Kier alpha value is -2.67. The Kier molecular flexibility index (Phi) is 5.45. The average Bonchev–Trinajstić information content (AvgIpc) is 2.64. The van der Waals surface area contributed by atoms with Gasteiger partial charge in [-0.1, -0.05) is 42.1 Å². The van der Waals surface area contributed by atoms with Crippen molar-refractivity contribution in [3.63, 3.8) is 0 Å². The van der Waals surface area contributed by atoms with Crippen molar-refractivity contribution >= 4 is 23.3 Å². The number of hydrogen-bond donors (Lipinski definition) is 1. The molecule has 0 aliphatic rings. The lowest BCUT2D eigenvalue weighted by Gasteiger charge is -2.11. The number of nitrogens with one attached hydrogen (secondary N) is 1. The lowest BCUT2D eigenvalue weighted by Crippen LogP contribution is -2.26. The van der Waals surface area contributed by atoms with E-state index in [2.05, 4.69) is 15.5 Å². The first kappa shape index (κ1) is 17.2. The number of benzene rings is 2. The summed E-state index contributed by atoms with van der Waals surface area (Å²) in [7, 11) is 0. The number of anilines is 2. The highest BCUT2D eigenvalue weighted by atomic mass is 32.2. The third kappa shape index (κ3) is 4.24. The van der Waals surface area contributed by atoms with E-state index in [1.165, 1.54) is 23.9 Å². The quantitative estimate of drug-likeness (QED) is 0.680. The number of nitrogens with zero attached hydrogens (tertiary/aromatic N) is 3. The molecule has 0 bridgehead atoms. The first-order valence-electron chi connectivity index (χ1n) is 7.84. The van der Waals surface area contributed by atoms with Crippen LogP contribution in [0.3, 0.4) is 0 Å². The molecule has 0 aliphatic carbocycles. The van der Waals surface area contributed by atoms with E-state index in [0.717, 1.165) is 11.3 Å². The van der Waals surface area contributed by atoms with Gasteiger partial charge in [0.1, 0.15) is 5.82 Å². The van der Waals surface area contributed by atoms with E-state index in [4.69, 9.17) is 0 Å². The summed E-state index contributed by atoms with van der Waals surface area (Å²) in [5.74, 6) is 0.509. The lowest BCUT2D eigenvalue weighted by molar-refractivity contribution is 0.597. The molecule has 0 atom stereocenters. The Labute approximate surface area is 148 Å². The zero-order valence-corrected chi connectivity index (χ0v) is 14.5. The van der Waals surface area contributed by atoms with E-state index in [1.807, 2.05) is 37.3 Å². The van der Waals surface area contributed by atoms with Crippen LogP contribution in [0.5, 0.6) is 0 Å². The van der Waals surface area contributed by atoms with Crippen LogP contribution in [0, 0.1) is 5.82 Å². The highest BCUT2D eigenvalue weighted by Gasteiger charge is 2.12. The van der Waals surface area contributed by atoms with Gasteiger partial charge in [-0.05, 0) is 36.8 Å². The summed E-state index contributed by atoms with van der Waals surface area (Å²) in [6, 6.07) is 15.6. The molecule has 0 amide bonds. The second-order valence-corrected chi connectivity index (χ2v) is 6.23. The van der Waals surface area contributed by atoms with Crippen LogP contribution >= 0.6 is 11.8 Å². The molecule has 7 heteroatoms. The van der Waals surface area contributed by atoms with E-state index in [-0.39, 0.29) is 17.2 Å². The molecule has 1 aromatic heterocycles. The SMILES string of the molecule is CCn1c(SCc2ccc(F)cc2)nnc(Nc2ccccc2)c1=O. The van der Waals surface area contributed by atoms with Gasteiger partial charge in [0.05, 0.1) is 0 Å². The van der Waals surface area contributed by atoms with Crippen molar-refractivity contribution in [2.45, 2.75) is 24.4 Å². The molecule has 3 aromatic rings. The van der Waals surface area contributed by atoms with Crippen molar-refractivity contribution in [3.8, 4) is 0 Å². The Bertz CT molecular complexity index is 897. The van der Waals surface area contributed by atoms with Crippen LogP contribution in [0.2, 0.25) is 0 Å². The molecule has 5 nitrogen and oxygen atoms in total. The van der Waals surface area contributed by atoms with Gasteiger partial charge in [-0.15, -0.1) is 10.2 Å². The summed E-state index contributed by atoms with van der Waals surface area (Å²) >= 11 is 1.40. The fourth-order valence-electron chi connectivity index (χ4n) is 2.26. The van der Waals surface area contributed by atoms with Gasteiger partial charge in [0.25, 0.3) is 5.56 Å². The summed E-state index contributed by atoms with van der Waals surface area (Å²) in [5, 5.41) is 11.7. The van der Waals surface area contributed by atoms with Crippen LogP contribution in [-0.2, 0) is 12.3 Å². The van der Waals surface area contributed by atoms with Gasteiger partial charge >= 0.3 is 0 Å². The predicted octanol–water partition coefficient (Wildman–Crippen LogP) is 3.83. The Morgan fingerprint density at radius 3 is 2.48 bits per heavy atom. The highest BCUT2D eigenvalue weighted by molar-refractivity contribution is 7.98. The smallest absolute Gasteiger partial charge is 0.297 e. The molecule has 0 spiro atoms. The molecular formula is C18H17FN4OS. The molecule has 128 valence electrons.